The Morgan fingerprint density at radius 3 is 2.43 bits per heavy atom. The van der Waals surface area contributed by atoms with E-state index in [2.05, 4.69) is 15.4 Å². The number of carbonyl (C=O) groups is 2. The van der Waals surface area contributed by atoms with E-state index in [-0.39, 0.29) is 5.82 Å². The molecule has 0 bridgehead atoms. The number of amides is 3. The second-order valence-electron chi connectivity index (χ2n) is 7.15. The van der Waals surface area contributed by atoms with Gasteiger partial charge < -0.3 is 9.80 Å². The summed E-state index contributed by atoms with van der Waals surface area (Å²) in [7, 11) is 1.61. The summed E-state index contributed by atoms with van der Waals surface area (Å²) in [5.41, 5.74) is 3.63. The zero-order valence-corrected chi connectivity index (χ0v) is 16.1. The van der Waals surface area contributed by atoms with Gasteiger partial charge in [-0.3, -0.25) is 10.1 Å². The number of nitrogens with one attached hydrogen (secondary N) is 1. The van der Waals surface area contributed by atoms with Crippen LogP contribution in [0.2, 0.25) is 0 Å². The van der Waals surface area contributed by atoms with Gasteiger partial charge in [-0.15, -0.1) is 0 Å². The molecule has 146 valence electrons. The molecule has 1 aromatic heterocycles. The summed E-state index contributed by atoms with van der Waals surface area (Å²) in [6.07, 6.45) is -0.652. The van der Waals surface area contributed by atoms with Crippen LogP contribution in [0.1, 0.15) is 22.5 Å². The lowest BCUT2D eigenvalue weighted by molar-refractivity contribution is -0.127. The third-order valence-corrected chi connectivity index (χ3v) is 5.45. The quantitative estimate of drug-likeness (QED) is 0.852. The minimum atomic E-state index is -0.688. The van der Waals surface area contributed by atoms with Gasteiger partial charge in [0.05, 0.1) is 5.69 Å². The molecule has 0 spiro atoms. The predicted molar refractivity (Wildman–Crippen MR) is 100 cm³/mol. The van der Waals surface area contributed by atoms with Gasteiger partial charge in [0, 0.05) is 19.3 Å². The number of carbonyl (C=O) groups excluding carboxylic acids is 2. The van der Waals surface area contributed by atoms with Crippen molar-refractivity contribution in [1.82, 2.24) is 24.9 Å². The van der Waals surface area contributed by atoms with E-state index in [9.17, 15) is 14.0 Å². The summed E-state index contributed by atoms with van der Waals surface area (Å²) in [6, 6.07) is 4.92. The summed E-state index contributed by atoms with van der Waals surface area (Å²) in [6.45, 7) is 6.15. The minimum Gasteiger partial charge on any atom is -0.321 e. The maximum absolute atomic E-state index is 13.3. The van der Waals surface area contributed by atoms with Crippen LogP contribution in [0.5, 0.6) is 0 Å². The molecule has 4 rings (SSSR count). The van der Waals surface area contributed by atoms with E-state index in [0.29, 0.717) is 12.5 Å². The predicted octanol–water partition coefficient (Wildman–Crippen LogP) is 1.54. The number of aryl methyl sites for hydroxylation is 1. The van der Waals surface area contributed by atoms with E-state index in [1.54, 1.807) is 23.9 Å². The van der Waals surface area contributed by atoms with Gasteiger partial charge in [0.2, 0.25) is 5.96 Å². The lowest BCUT2D eigenvalue weighted by atomic mass is 10.1. The first-order chi connectivity index (χ1) is 13.3. The SMILES string of the molecule is Cc1nn(C2=NC3C(C(=O)NC(=O)N3C)N2Cc2ccc(F)cc2)c(C)c1C. The Morgan fingerprint density at radius 1 is 1.14 bits per heavy atom. The molecular weight excluding hydrogens is 363 g/mol. The van der Waals surface area contributed by atoms with Crippen LogP contribution in [0.15, 0.2) is 29.3 Å². The number of imide groups is 1. The number of likely N-dealkylation sites (N-methyl/N-ethyl adjacent to an activating group) is 1. The van der Waals surface area contributed by atoms with Gasteiger partial charge in [0.15, 0.2) is 12.2 Å². The lowest BCUT2D eigenvalue weighted by Gasteiger charge is -2.36. The highest BCUT2D eigenvalue weighted by Gasteiger charge is 2.49. The zero-order valence-electron chi connectivity index (χ0n) is 16.1. The summed E-state index contributed by atoms with van der Waals surface area (Å²) in [4.78, 5) is 32.6. The minimum absolute atomic E-state index is 0.327. The van der Waals surface area contributed by atoms with E-state index in [0.717, 1.165) is 22.5 Å². The first kappa shape index (κ1) is 18.1. The van der Waals surface area contributed by atoms with Crippen molar-refractivity contribution in [2.45, 2.75) is 39.5 Å². The molecule has 3 heterocycles. The Labute approximate surface area is 161 Å². The van der Waals surface area contributed by atoms with Crippen molar-refractivity contribution in [2.24, 2.45) is 4.99 Å². The average Bonchev–Trinajstić information content (AvgIpc) is 3.15. The molecule has 3 amide bonds. The van der Waals surface area contributed by atoms with Crippen LogP contribution in [-0.2, 0) is 11.3 Å². The van der Waals surface area contributed by atoms with Crippen LogP contribution in [0.25, 0.3) is 0 Å². The van der Waals surface area contributed by atoms with E-state index < -0.39 is 24.1 Å². The van der Waals surface area contributed by atoms with Gasteiger partial charge in [0.1, 0.15) is 5.82 Å². The maximum Gasteiger partial charge on any atom is 0.325 e. The number of rotatable bonds is 2. The van der Waals surface area contributed by atoms with Crippen LogP contribution in [-0.4, -0.2) is 56.7 Å². The van der Waals surface area contributed by atoms with E-state index in [4.69, 9.17) is 0 Å². The maximum atomic E-state index is 13.3. The molecule has 0 saturated carbocycles. The van der Waals surface area contributed by atoms with Crippen molar-refractivity contribution in [2.75, 3.05) is 7.05 Å². The second kappa shape index (κ2) is 6.43. The van der Waals surface area contributed by atoms with Gasteiger partial charge in [-0.05, 0) is 44.0 Å². The topological polar surface area (TPSA) is 82.8 Å². The van der Waals surface area contributed by atoms with E-state index in [1.807, 2.05) is 25.7 Å². The third-order valence-electron chi connectivity index (χ3n) is 5.45. The first-order valence-corrected chi connectivity index (χ1v) is 8.97. The van der Waals surface area contributed by atoms with Crippen molar-refractivity contribution in [3.05, 3.63) is 52.6 Å². The highest BCUT2D eigenvalue weighted by atomic mass is 19.1. The highest BCUT2D eigenvalue weighted by molar-refractivity contribution is 6.04. The molecular formula is C19H21FN6O2. The summed E-state index contributed by atoms with van der Waals surface area (Å²) in [5.74, 6) is -0.246. The Kier molecular flexibility index (Phi) is 4.17. The fraction of sp³-hybridized carbons (Fsp3) is 0.368. The van der Waals surface area contributed by atoms with E-state index >= 15 is 0 Å². The van der Waals surface area contributed by atoms with Crippen LogP contribution in [0, 0.1) is 26.6 Å². The Hall–Kier alpha value is -3.23. The number of urea groups is 1. The normalized spacial score (nSPS) is 21.7. The van der Waals surface area contributed by atoms with Gasteiger partial charge in [-0.25, -0.2) is 18.9 Å². The Morgan fingerprint density at radius 2 is 1.82 bits per heavy atom. The second-order valence-corrected chi connectivity index (χ2v) is 7.15. The zero-order chi connectivity index (χ0) is 20.2. The van der Waals surface area contributed by atoms with Gasteiger partial charge >= 0.3 is 6.03 Å². The summed E-state index contributed by atoms with van der Waals surface area (Å²) >= 11 is 0. The molecule has 1 saturated heterocycles. The fourth-order valence-electron chi connectivity index (χ4n) is 3.56. The molecule has 8 nitrogen and oxygen atoms in total. The molecule has 1 aromatic carbocycles. The number of nitrogens with zero attached hydrogens (tertiary/aromatic N) is 5. The van der Waals surface area contributed by atoms with Gasteiger partial charge in [-0.2, -0.15) is 5.10 Å². The number of hydrogen-bond acceptors (Lipinski definition) is 5. The third kappa shape index (κ3) is 2.74. The molecule has 2 aromatic rings. The molecule has 1 N–H and O–H groups in total. The van der Waals surface area contributed by atoms with Crippen LogP contribution in [0.4, 0.5) is 9.18 Å². The molecule has 28 heavy (non-hydrogen) atoms. The Balaban J connectivity index is 1.80. The number of hydrogen-bond donors (Lipinski definition) is 1. The fourth-order valence-corrected chi connectivity index (χ4v) is 3.56. The molecule has 2 unspecified atom stereocenters. The monoisotopic (exact) mass is 384 g/mol. The average molecular weight is 384 g/mol. The van der Waals surface area contributed by atoms with Crippen LogP contribution in [0.3, 0.4) is 0 Å². The molecule has 2 aliphatic heterocycles. The molecule has 9 heteroatoms. The van der Waals surface area contributed by atoms with E-state index in [1.165, 1.54) is 17.0 Å². The first-order valence-electron chi connectivity index (χ1n) is 8.97. The largest absolute Gasteiger partial charge is 0.325 e. The van der Waals surface area contributed by atoms with Crippen molar-refractivity contribution in [3.63, 3.8) is 0 Å². The summed E-state index contributed by atoms with van der Waals surface area (Å²) < 4.78 is 15.0. The Bertz CT molecular complexity index is 997. The number of aliphatic imine (C=N–C) groups is 1. The van der Waals surface area contributed by atoms with Crippen LogP contribution < -0.4 is 5.32 Å². The number of aromatic nitrogens is 2. The smallest absolute Gasteiger partial charge is 0.321 e. The van der Waals surface area contributed by atoms with Crippen molar-refractivity contribution >= 4 is 17.9 Å². The van der Waals surface area contributed by atoms with Crippen molar-refractivity contribution in [1.29, 1.82) is 0 Å². The highest BCUT2D eigenvalue weighted by Crippen LogP contribution is 2.27. The van der Waals surface area contributed by atoms with Crippen LogP contribution >= 0.6 is 0 Å². The summed E-state index contributed by atoms with van der Waals surface area (Å²) in [5, 5.41) is 6.95. The molecule has 2 atom stereocenters. The van der Waals surface area contributed by atoms with Crippen molar-refractivity contribution < 1.29 is 14.0 Å². The number of halogens is 1. The number of benzene rings is 1. The molecule has 0 radical (unpaired) electrons. The van der Waals surface area contributed by atoms with Crippen molar-refractivity contribution in [3.8, 4) is 0 Å². The van der Waals surface area contributed by atoms with Gasteiger partial charge in [-0.1, -0.05) is 12.1 Å². The standard InChI is InChI=1S/C19H21FN6O2/c1-10-11(2)23-26(12(10)3)18-21-16-15(17(27)22-19(28)24(16)4)25(18)9-13-5-7-14(20)8-6-13/h5-8,15-16H,9H2,1-4H3,(H,22,27,28). The molecule has 1 fully saturated rings. The molecule has 0 aliphatic carbocycles. The molecule has 2 aliphatic rings. The lowest BCUT2D eigenvalue weighted by Crippen LogP contribution is -2.63. The number of fused-ring (bicyclic) bond motifs is 1. The van der Waals surface area contributed by atoms with Gasteiger partial charge in [0.25, 0.3) is 5.91 Å².